The highest BCUT2D eigenvalue weighted by Crippen LogP contribution is 2.45. The first kappa shape index (κ1) is 97.2. The predicted octanol–water partition coefficient (Wildman–Crippen LogP) is 23.5. The molecule has 0 aliphatic rings. The van der Waals surface area contributed by atoms with Crippen LogP contribution in [0.2, 0.25) is 0 Å². The predicted molar refractivity (Wildman–Crippen MR) is 417 cm³/mol. The lowest BCUT2D eigenvalue weighted by molar-refractivity contribution is -0.161. The maximum Gasteiger partial charge on any atom is 0.472 e. The number of aliphatic hydroxyl groups excluding tert-OH is 2. The van der Waals surface area contributed by atoms with Crippen molar-refractivity contribution in [1.29, 1.82) is 0 Å². The number of ether oxygens (including phenoxy) is 3. The van der Waals surface area contributed by atoms with Gasteiger partial charge in [-0.1, -0.05) is 323 Å². The van der Waals surface area contributed by atoms with Gasteiger partial charge < -0.3 is 34.2 Å². The summed E-state index contributed by atoms with van der Waals surface area (Å²) in [6, 6.07) is 0. The third-order valence-corrected chi connectivity index (χ3v) is 18.9. The van der Waals surface area contributed by atoms with Crippen LogP contribution in [0.3, 0.4) is 0 Å². The van der Waals surface area contributed by atoms with Gasteiger partial charge in [-0.2, -0.15) is 0 Å². The second-order valence-corrected chi connectivity index (χ2v) is 29.8. The standard InChI is InChI=1S/C83H146O16P2/c1-4-7-10-13-16-19-22-25-28-30-32-34-36-37-38-39-41-43-44-46-49-51-54-57-60-63-66-69-81(86)93-72-78(84)73-95-100(89,90)96-74-79(85)75-97-101(91,92)98-77-80(99-83(88)71-68-65-62-59-56-53-48-27-24-21-18-15-12-9-6-3)76-94-82(87)70-67-64-61-58-55-52-50-47-45-42-40-35-33-31-29-26-23-20-17-14-11-8-5-2/h8,11,16-17,19-20,25-26,28-29,32-35,37-38,42,45,78-80,84-85H,4-7,9-10,12-15,18,21-24,27,30-31,36,39-41,43-44,46-77H2,1-3H3,(H,89,90)(H,91,92)/b11-8-,19-16-,20-17-,28-25-,29-26-,34-32-,35-33-,38-37-,45-42-. The Hall–Kier alpha value is -3.79. The highest BCUT2D eigenvalue weighted by atomic mass is 31.2. The minimum atomic E-state index is -4.93. The first-order chi connectivity index (χ1) is 49.2. The number of esters is 3. The van der Waals surface area contributed by atoms with E-state index in [9.17, 15) is 43.5 Å². The number of rotatable bonds is 76. The first-order valence-corrected chi connectivity index (χ1v) is 43.2. The summed E-state index contributed by atoms with van der Waals surface area (Å²) in [4.78, 5) is 58.7. The molecule has 0 aliphatic heterocycles. The lowest BCUT2D eigenvalue weighted by atomic mass is 10.0. The summed E-state index contributed by atoms with van der Waals surface area (Å²) in [5, 5.41) is 20.6. The molecule has 5 atom stereocenters. The molecule has 0 fully saturated rings. The van der Waals surface area contributed by atoms with Crippen LogP contribution in [-0.2, 0) is 55.8 Å². The Kier molecular flexibility index (Phi) is 73.0. The van der Waals surface area contributed by atoms with Crippen molar-refractivity contribution in [2.24, 2.45) is 0 Å². The topological polar surface area (TPSA) is 231 Å². The average Bonchev–Trinajstić information content (AvgIpc) is 0.944. The van der Waals surface area contributed by atoms with Gasteiger partial charge in [-0.25, -0.2) is 9.13 Å². The molecule has 4 N–H and O–H groups in total. The molecule has 18 heteroatoms. The first-order valence-electron chi connectivity index (χ1n) is 40.2. The van der Waals surface area contributed by atoms with Gasteiger partial charge in [-0.05, 0) is 109 Å². The minimum absolute atomic E-state index is 0.104. The van der Waals surface area contributed by atoms with E-state index in [0.29, 0.717) is 19.3 Å². The van der Waals surface area contributed by atoms with Crippen molar-refractivity contribution in [3.05, 3.63) is 109 Å². The molecule has 0 rings (SSSR count). The van der Waals surface area contributed by atoms with Crippen LogP contribution in [-0.4, -0.2) is 95.9 Å². The monoisotopic (exact) mass is 1460 g/mol. The summed E-state index contributed by atoms with van der Waals surface area (Å²) in [6.45, 7) is 2.57. The van der Waals surface area contributed by atoms with Gasteiger partial charge in [0.25, 0.3) is 0 Å². The van der Waals surface area contributed by atoms with Crippen LogP contribution in [0, 0.1) is 0 Å². The second-order valence-electron chi connectivity index (χ2n) is 26.8. The Balaban J connectivity index is 4.56. The van der Waals surface area contributed by atoms with E-state index < -0.39 is 91.5 Å². The molecule has 5 unspecified atom stereocenters. The summed E-state index contributed by atoms with van der Waals surface area (Å²) in [5.74, 6) is -1.58. The molecule has 0 bridgehead atoms. The molecule has 16 nitrogen and oxygen atoms in total. The van der Waals surface area contributed by atoms with Crippen molar-refractivity contribution in [1.82, 2.24) is 0 Å². The lowest BCUT2D eigenvalue weighted by Gasteiger charge is -2.21. The minimum Gasteiger partial charge on any atom is -0.463 e. The normalized spacial score (nSPS) is 14.6. The van der Waals surface area contributed by atoms with Crippen LogP contribution in [0.5, 0.6) is 0 Å². The summed E-state index contributed by atoms with van der Waals surface area (Å²) >= 11 is 0. The van der Waals surface area contributed by atoms with Crippen molar-refractivity contribution in [3.63, 3.8) is 0 Å². The van der Waals surface area contributed by atoms with Gasteiger partial charge in [0.15, 0.2) is 6.10 Å². The summed E-state index contributed by atoms with van der Waals surface area (Å²) < 4.78 is 61.2. The van der Waals surface area contributed by atoms with Crippen molar-refractivity contribution < 1.29 is 75.8 Å². The number of allylic oxidation sites excluding steroid dienone is 18. The van der Waals surface area contributed by atoms with Crippen molar-refractivity contribution in [3.8, 4) is 0 Å². The van der Waals surface area contributed by atoms with Gasteiger partial charge in [0, 0.05) is 19.3 Å². The molecule has 0 saturated heterocycles. The van der Waals surface area contributed by atoms with E-state index in [1.807, 2.05) is 0 Å². The van der Waals surface area contributed by atoms with Gasteiger partial charge >= 0.3 is 33.6 Å². The second kappa shape index (κ2) is 75.9. The number of aliphatic hydroxyl groups is 2. The molecular weight excluding hydrogens is 1310 g/mol. The summed E-state index contributed by atoms with van der Waals surface area (Å²) in [7, 11) is -9.79. The molecule has 0 aromatic carbocycles. The van der Waals surface area contributed by atoms with E-state index >= 15 is 0 Å². The Morgan fingerprint density at radius 2 is 0.525 bits per heavy atom. The third kappa shape index (κ3) is 77.1. The van der Waals surface area contributed by atoms with Crippen LogP contribution in [0.4, 0.5) is 0 Å². The average molecular weight is 1460 g/mol. The Morgan fingerprint density at radius 1 is 0.287 bits per heavy atom. The molecule has 0 aliphatic carbocycles. The number of hydrogen-bond donors (Lipinski definition) is 4. The zero-order chi connectivity index (χ0) is 73.7. The lowest BCUT2D eigenvalue weighted by Crippen LogP contribution is -2.30. The van der Waals surface area contributed by atoms with Gasteiger partial charge in [0.05, 0.1) is 26.4 Å². The molecule has 584 valence electrons. The summed E-state index contributed by atoms with van der Waals surface area (Å²) in [6.07, 6.45) is 88.4. The number of phosphoric ester groups is 2. The van der Waals surface area contributed by atoms with Gasteiger partial charge in [-0.3, -0.25) is 32.5 Å². The summed E-state index contributed by atoms with van der Waals surface area (Å²) in [5.41, 5.74) is 0. The van der Waals surface area contributed by atoms with Crippen LogP contribution in [0.25, 0.3) is 0 Å². The van der Waals surface area contributed by atoms with E-state index in [4.69, 9.17) is 32.3 Å². The highest BCUT2D eigenvalue weighted by molar-refractivity contribution is 7.47. The van der Waals surface area contributed by atoms with Crippen LogP contribution < -0.4 is 0 Å². The van der Waals surface area contributed by atoms with Crippen LogP contribution in [0.15, 0.2) is 109 Å². The van der Waals surface area contributed by atoms with Crippen molar-refractivity contribution >= 4 is 33.6 Å². The molecule has 101 heavy (non-hydrogen) atoms. The maximum atomic E-state index is 13.0. The van der Waals surface area contributed by atoms with E-state index in [-0.39, 0.29) is 19.3 Å². The SMILES string of the molecule is CC/C=C\C/C=C\C/C=C\C/C=C\C/C=C\CCCCCCCCCC(=O)OCC(COP(=O)(O)OCC(O)COP(=O)(O)OCC(O)COC(=O)CCCCCCCCCCCCC/C=C\C/C=C\C/C=C\C/C=C\CCCCC)OC(=O)CCCCCCCCCCCCCCCCC. The van der Waals surface area contributed by atoms with Gasteiger partial charge in [-0.15, -0.1) is 0 Å². The maximum absolute atomic E-state index is 13.0. The number of unbranched alkanes of at least 4 members (excludes halogenated alkanes) is 35. The quantitative estimate of drug-likeness (QED) is 0.0146. The molecular formula is C83H146O16P2. The van der Waals surface area contributed by atoms with Crippen LogP contribution >= 0.6 is 15.6 Å². The zero-order valence-electron chi connectivity index (χ0n) is 63.8. The highest BCUT2D eigenvalue weighted by Gasteiger charge is 2.29. The molecule has 0 aromatic heterocycles. The van der Waals surface area contributed by atoms with E-state index in [0.717, 1.165) is 148 Å². The Bertz CT molecular complexity index is 2270. The van der Waals surface area contributed by atoms with E-state index in [2.05, 4.69) is 130 Å². The van der Waals surface area contributed by atoms with Crippen LogP contribution in [0.1, 0.15) is 342 Å². The zero-order valence-corrected chi connectivity index (χ0v) is 65.6. The fourth-order valence-electron chi connectivity index (χ4n) is 10.9. The fraction of sp³-hybridized carbons (Fsp3) is 0.747. The number of carbonyl (C=O) groups excluding carboxylic acids is 3. The fourth-order valence-corrected chi connectivity index (χ4v) is 12.5. The van der Waals surface area contributed by atoms with E-state index in [1.54, 1.807) is 0 Å². The number of carbonyl (C=O) groups is 3. The molecule has 0 saturated carbocycles. The van der Waals surface area contributed by atoms with E-state index in [1.165, 1.54) is 135 Å². The van der Waals surface area contributed by atoms with Crippen molar-refractivity contribution in [2.45, 2.75) is 360 Å². The van der Waals surface area contributed by atoms with Crippen molar-refractivity contribution in [2.75, 3.05) is 39.6 Å². The number of hydrogen-bond acceptors (Lipinski definition) is 14. The van der Waals surface area contributed by atoms with Gasteiger partial charge in [0.1, 0.15) is 25.4 Å². The Labute approximate surface area is 615 Å². The smallest absolute Gasteiger partial charge is 0.463 e. The molecule has 0 aromatic rings. The Morgan fingerprint density at radius 3 is 0.851 bits per heavy atom. The number of phosphoric acid groups is 2. The molecule has 0 spiro atoms. The molecule has 0 amide bonds. The molecule has 0 radical (unpaired) electrons. The third-order valence-electron chi connectivity index (χ3n) is 17.0. The molecule has 0 heterocycles. The largest absolute Gasteiger partial charge is 0.472 e. The van der Waals surface area contributed by atoms with Gasteiger partial charge in [0.2, 0.25) is 0 Å².